The van der Waals surface area contributed by atoms with E-state index in [2.05, 4.69) is 26.0 Å². The van der Waals surface area contributed by atoms with Gasteiger partial charge in [-0.2, -0.15) is 5.10 Å². The highest BCUT2D eigenvalue weighted by Gasteiger charge is 2.10. The molecular formula is C14H10BrFN4. The molecule has 2 aromatic heterocycles. The summed E-state index contributed by atoms with van der Waals surface area (Å²) in [4.78, 5) is 4.02. The molecule has 100 valence electrons. The highest BCUT2D eigenvalue weighted by molar-refractivity contribution is 9.10. The van der Waals surface area contributed by atoms with E-state index in [1.165, 1.54) is 16.9 Å². The van der Waals surface area contributed by atoms with Crippen LogP contribution < -0.4 is 5.73 Å². The zero-order valence-corrected chi connectivity index (χ0v) is 11.9. The Kier molecular flexibility index (Phi) is 3.23. The van der Waals surface area contributed by atoms with Gasteiger partial charge in [-0.1, -0.05) is 18.2 Å². The van der Waals surface area contributed by atoms with Gasteiger partial charge in [0.25, 0.3) is 0 Å². The third-order valence-electron chi connectivity index (χ3n) is 2.86. The van der Waals surface area contributed by atoms with Crippen LogP contribution in [-0.4, -0.2) is 14.8 Å². The normalized spacial score (nSPS) is 10.7. The highest BCUT2D eigenvalue weighted by atomic mass is 79.9. The van der Waals surface area contributed by atoms with Gasteiger partial charge in [0, 0.05) is 33.7 Å². The van der Waals surface area contributed by atoms with Crippen molar-refractivity contribution in [3.05, 3.63) is 59.2 Å². The molecule has 0 aliphatic rings. The lowest BCUT2D eigenvalue weighted by Crippen LogP contribution is -2.01. The third-order valence-corrected chi connectivity index (χ3v) is 3.29. The SMILES string of the molecule is Nc1ccccc1-c1cnn(-c2ncc(Br)cc2F)c1. The highest BCUT2D eigenvalue weighted by Crippen LogP contribution is 2.26. The second-order valence-corrected chi connectivity index (χ2v) is 5.14. The smallest absolute Gasteiger partial charge is 0.189 e. The maximum absolute atomic E-state index is 13.8. The first-order valence-corrected chi connectivity index (χ1v) is 6.65. The Bertz CT molecular complexity index is 769. The van der Waals surface area contributed by atoms with Crippen LogP contribution in [0.4, 0.5) is 10.1 Å². The van der Waals surface area contributed by atoms with Crippen LogP contribution in [0.3, 0.4) is 0 Å². The van der Waals surface area contributed by atoms with Crippen LogP contribution in [0.1, 0.15) is 0 Å². The van der Waals surface area contributed by atoms with Gasteiger partial charge < -0.3 is 5.73 Å². The van der Waals surface area contributed by atoms with Crippen molar-refractivity contribution < 1.29 is 4.39 Å². The number of halogens is 2. The maximum Gasteiger partial charge on any atom is 0.189 e. The van der Waals surface area contributed by atoms with Crippen LogP contribution in [0.5, 0.6) is 0 Å². The van der Waals surface area contributed by atoms with Gasteiger partial charge in [-0.3, -0.25) is 0 Å². The topological polar surface area (TPSA) is 56.7 Å². The van der Waals surface area contributed by atoms with Gasteiger partial charge in [-0.05, 0) is 28.1 Å². The zero-order chi connectivity index (χ0) is 14.1. The number of hydrogen-bond acceptors (Lipinski definition) is 3. The second-order valence-electron chi connectivity index (χ2n) is 4.22. The molecule has 0 radical (unpaired) electrons. The Balaban J connectivity index is 2.04. The quantitative estimate of drug-likeness (QED) is 0.731. The number of para-hydroxylation sites is 1. The summed E-state index contributed by atoms with van der Waals surface area (Å²) < 4.78 is 15.8. The Hall–Kier alpha value is -2.21. The fourth-order valence-electron chi connectivity index (χ4n) is 1.91. The lowest BCUT2D eigenvalue weighted by molar-refractivity contribution is 0.599. The zero-order valence-electron chi connectivity index (χ0n) is 10.3. The lowest BCUT2D eigenvalue weighted by Gasteiger charge is -2.03. The van der Waals surface area contributed by atoms with Gasteiger partial charge in [0.15, 0.2) is 11.6 Å². The molecule has 0 aliphatic heterocycles. The molecule has 0 amide bonds. The van der Waals surface area contributed by atoms with Gasteiger partial charge >= 0.3 is 0 Å². The number of anilines is 1. The van der Waals surface area contributed by atoms with Crippen LogP contribution >= 0.6 is 15.9 Å². The molecule has 4 nitrogen and oxygen atoms in total. The average molecular weight is 333 g/mol. The van der Waals surface area contributed by atoms with Crippen molar-refractivity contribution in [1.29, 1.82) is 0 Å². The van der Waals surface area contributed by atoms with Crippen molar-refractivity contribution in [3.8, 4) is 16.9 Å². The van der Waals surface area contributed by atoms with E-state index in [1.807, 2.05) is 24.3 Å². The van der Waals surface area contributed by atoms with E-state index in [0.29, 0.717) is 10.2 Å². The summed E-state index contributed by atoms with van der Waals surface area (Å²) in [5, 5.41) is 4.14. The fourth-order valence-corrected chi connectivity index (χ4v) is 2.22. The molecule has 0 atom stereocenters. The standard InChI is InChI=1S/C14H10BrFN4/c15-10-5-12(16)14(18-7-10)20-8-9(6-19-20)11-3-1-2-4-13(11)17/h1-8H,17H2. The largest absolute Gasteiger partial charge is 0.398 e. The van der Waals surface area contributed by atoms with Crippen molar-refractivity contribution in [3.63, 3.8) is 0 Å². The minimum atomic E-state index is -0.449. The Labute approximate surface area is 123 Å². The summed E-state index contributed by atoms with van der Waals surface area (Å²) in [6, 6.07) is 8.80. The number of nitrogens with zero attached hydrogens (tertiary/aromatic N) is 3. The van der Waals surface area contributed by atoms with Gasteiger partial charge in [0.2, 0.25) is 0 Å². The van der Waals surface area contributed by atoms with Crippen LogP contribution in [0.15, 0.2) is 53.4 Å². The molecule has 3 rings (SSSR count). The molecule has 6 heteroatoms. The summed E-state index contributed by atoms with van der Waals surface area (Å²) in [5.74, 6) is -0.302. The molecule has 0 saturated heterocycles. The molecule has 20 heavy (non-hydrogen) atoms. The average Bonchev–Trinajstić information content (AvgIpc) is 2.88. The van der Waals surface area contributed by atoms with Crippen molar-refractivity contribution in [1.82, 2.24) is 14.8 Å². The first kappa shape index (κ1) is 12.8. The van der Waals surface area contributed by atoms with Gasteiger partial charge in [-0.15, -0.1) is 0 Å². The van der Waals surface area contributed by atoms with E-state index in [0.717, 1.165) is 11.1 Å². The molecule has 0 aliphatic carbocycles. The maximum atomic E-state index is 13.8. The number of rotatable bonds is 2. The molecule has 0 bridgehead atoms. The Morgan fingerprint density at radius 1 is 1.20 bits per heavy atom. The predicted octanol–water partition coefficient (Wildman–Crippen LogP) is 3.42. The summed E-state index contributed by atoms with van der Waals surface area (Å²) in [5.41, 5.74) is 8.24. The van der Waals surface area contributed by atoms with Crippen LogP contribution in [-0.2, 0) is 0 Å². The number of benzene rings is 1. The van der Waals surface area contributed by atoms with E-state index in [4.69, 9.17) is 5.73 Å². The minimum absolute atomic E-state index is 0.147. The van der Waals surface area contributed by atoms with E-state index in [1.54, 1.807) is 12.4 Å². The van der Waals surface area contributed by atoms with E-state index >= 15 is 0 Å². The van der Waals surface area contributed by atoms with Crippen LogP contribution in [0.25, 0.3) is 16.9 Å². The molecular weight excluding hydrogens is 323 g/mol. The first-order chi connectivity index (χ1) is 9.65. The van der Waals surface area contributed by atoms with E-state index in [9.17, 15) is 4.39 Å². The molecule has 0 spiro atoms. The number of aromatic nitrogens is 3. The monoisotopic (exact) mass is 332 g/mol. The Morgan fingerprint density at radius 2 is 2.00 bits per heavy atom. The van der Waals surface area contributed by atoms with Crippen molar-refractivity contribution in [2.24, 2.45) is 0 Å². The van der Waals surface area contributed by atoms with E-state index in [-0.39, 0.29) is 5.82 Å². The minimum Gasteiger partial charge on any atom is -0.398 e. The lowest BCUT2D eigenvalue weighted by atomic mass is 10.1. The molecule has 0 fully saturated rings. The van der Waals surface area contributed by atoms with Crippen molar-refractivity contribution in [2.75, 3.05) is 5.73 Å². The van der Waals surface area contributed by atoms with Gasteiger partial charge in [0.1, 0.15) is 0 Å². The summed E-state index contributed by atoms with van der Waals surface area (Å²) in [7, 11) is 0. The van der Waals surface area contributed by atoms with E-state index < -0.39 is 5.82 Å². The van der Waals surface area contributed by atoms with Crippen LogP contribution in [0, 0.1) is 5.82 Å². The number of nitrogen functional groups attached to an aromatic ring is 1. The van der Waals surface area contributed by atoms with Crippen LogP contribution in [0.2, 0.25) is 0 Å². The summed E-state index contributed by atoms with van der Waals surface area (Å²) in [6.45, 7) is 0. The van der Waals surface area contributed by atoms with Gasteiger partial charge in [-0.25, -0.2) is 14.1 Å². The summed E-state index contributed by atoms with van der Waals surface area (Å²) >= 11 is 3.17. The molecule has 2 heterocycles. The number of pyridine rings is 1. The Morgan fingerprint density at radius 3 is 2.75 bits per heavy atom. The second kappa shape index (κ2) is 5.05. The summed E-state index contributed by atoms with van der Waals surface area (Å²) in [6.07, 6.45) is 4.86. The van der Waals surface area contributed by atoms with Crippen molar-refractivity contribution >= 4 is 21.6 Å². The molecule has 3 aromatic rings. The third kappa shape index (κ3) is 2.30. The first-order valence-electron chi connectivity index (χ1n) is 5.86. The molecule has 0 saturated carbocycles. The molecule has 1 aromatic carbocycles. The van der Waals surface area contributed by atoms with Crippen molar-refractivity contribution in [2.45, 2.75) is 0 Å². The number of hydrogen-bond donors (Lipinski definition) is 1. The fraction of sp³-hybridized carbons (Fsp3) is 0. The molecule has 2 N–H and O–H groups in total. The molecule has 0 unspecified atom stereocenters. The van der Waals surface area contributed by atoms with Gasteiger partial charge in [0.05, 0.1) is 6.20 Å². The predicted molar refractivity (Wildman–Crippen MR) is 78.9 cm³/mol. The number of nitrogens with two attached hydrogens (primary N) is 1.